The predicted molar refractivity (Wildman–Crippen MR) is 65.4 cm³/mol. The minimum Gasteiger partial charge on any atom is -0.351 e. The summed E-state index contributed by atoms with van der Waals surface area (Å²) in [6, 6.07) is 3.74. The summed E-state index contributed by atoms with van der Waals surface area (Å²) in [6.07, 6.45) is 0. The Morgan fingerprint density at radius 1 is 0.895 bits per heavy atom. The Bertz CT molecular complexity index is 524. The number of carbonyl (C=O) groups is 4. The molecule has 8 nitrogen and oxygen atoms in total. The van der Waals surface area contributed by atoms with Crippen LogP contribution in [0.4, 0.5) is 9.59 Å². The van der Waals surface area contributed by atoms with Gasteiger partial charge in [0.25, 0.3) is 11.8 Å². The number of rotatable bonds is 2. The second-order valence-electron chi connectivity index (χ2n) is 3.43. The number of amides is 6. The van der Waals surface area contributed by atoms with Gasteiger partial charge in [-0.2, -0.15) is 0 Å². The first-order chi connectivity index (χ1) is 8.93. The van der Waals surface area contributed by atoms with E-state index in [-0.39, 0.29) is 11.1 Å². The summed E-state index contributed by atoms with van der Waals surface area (Å²) >= 11 is 0. The van der Waals surface area contributed by atoms with Crippen LogP contribution in [0.3, 0.4) is 0 Å². The Kier molecular flexibility index (Phi) is 4.58. The summed E-state index contributed by atoms with van der Waals surface area (Å²) in [5.74, 6) is -1.29. The fraction of sp³-hybridized carbons (Fsp3) is 0.0909. The maximum atomic E-state index is 11.5. The number of hydrogen-bond donors (Lipinski definition) is 4. The largest absolute Gasteiger partial charge is 0.351 e. The van der Waals surface area contributed by atoms with E-state index in [1.54, 1.807) is 0 Å². The standard InChI is InChI=1S/C11H12N4O4/c1-13-11(19)15-9(17)7-4-2-6(3-5-7)8(16)14-10(12)18/h2-5H,1H3,(H3,12,14,16,18)(H2,13,15,17,19). The van der Waals surface area contributed by atoms with Gasteiger partial charge in [-0.3, -0.25) is 20.2 Å². The maximum absolute atomic E-state index is 11.5. The molecule has 0 aliphatic carbocycles. The quantitative estimate of drug-likeness (QED) is 0.577. The van der Waals surface area contributed by atoms with Gasteiger partial charge in [-0.15, -0.1) is 0 Å². The van der Waals surface area contributed by atoms with E-state index in [2.05, 4.69) is 10.6 Å². The van der Waals surface area contributed by atoms with Gasteiger partial charge in [-0.1, -0.05) is 0 Å². The lowest BCUT2D eigenvalue weighted by atomic mass is 10.1. The van der Waals surface area contributed by atoms with Gasteiger partial charge in [0, 0.05) is 18.2 Å². The van der Waals surface area contributed by atoms with Crippen LogP contribution >= 0.6 is 0 Å². The van der Waals surface area contributed by atoms with Crippen LogP contribution in [0, 0.1) is 0 Å². The van der Waals surface area contributed by atoms with Crippen LogP contribution in [-0.2, 0) is 0 Å². The highest BCUT2D eigenvalue weighted by molar-refractivity contribution is 6.06. The van der Waals surface area contributed by atoms with Crippen molar-refractivity contribution in [2.75, 3.05) is 7.05 Å². The smallest absolute Gasteiger partial charge is 0.321 e. The van der Waals surface area contributed by atoms with Gasteiger partial charge >= 0.3 is 12.1 Å². The van der Waals surface area contributed by atoms with Crippen molar-refractivity contribution < 1.29 is 19.2 Å². The third kappa shape index (κ3) is 4.11. The van der Waals surface area contributed by atoms with E-state index in [0.29, 0.717) is 0 Å². The third-order valence-corrected chi connectivity index (χ3v) is 2.10. The van der Waals surface area contributed by atoms with E-state index in [1.807, 2.05) is 5.32 Å². The molecule has 0 bridgehead atoms. The monoisotopic (exact) mass is 264 g/mol. The number of primary amides is 1. The first-order valence-electron chi connectivity index (χ1n) is 5.18. The fourth-order valence-corrected chi connectivity index (χ4v) is 1.19. The molecule has 0 unspecified atom stereocenters. The minimum absolute atomic E-state index is 0.162. The van der Waals surface area contributed by atoms with Crippen LogP contribution < -0.4 is 21.7 Å². The number of hydrogen-bond acceptors (Lipinski definition) is 4. The van der Waals surface area contributed by atoms with E-state index < -0.39 is 23.9 Å². The highest BCUT2D eigenvalue weighted by Gasteiger charge is 2.11. The lowest BCUT2D eigenvalue weighted by molar-refractivity contribution is 0.0951. The number of urea groups is 2. The summed E-state index contributed by atoms with van der Waals surface area (Å²) in [5.41, 5.74) is 5.16. The molecule has 0 aliphatic rings. The molecule has 100 valence electrons. The summed E-state index contributed by atoms with van der Waals surface area (Å²) < 4.78 is 0. The van der Waals surface area contributed by atoms with Crippen LogP contribution in [0.5, 0.6) is 0 Å². The van der Waals surface area contributed by atoms with Crippen molar-refractivity contribution in [3.8, 4) is 0 Å². The van der Waals surface area contributed by atoms with Crippen molar-refractivity contribution >= 4 is 23.9 Å². The van der Waals surface area contributed by atoms with Crippen LogP contribution in [0.2, 0.25) is 0 Å². The molecular weight excluding hydrogens is 252 g/mol. The van der Waals surface area contributed by atoms with Crippen molar-refractivity contribution in [1.29, 1.82) is 0 Å². The highest BCUT2D eigenvalue weighted by atomic mass is 16.2. The van der Waals surface area contributed by atoms with E-state index in [4.69, 9.17) is 5.73 Å². The SMILES string of the molecule is CNC(=O)NC(=O)c1ccc(C(=O)NC(N)=O)cc1. The molecule has 1 aromatic rings. The lowest BCUT2D eigenvalue weighted by Gasteiger charge is -2.04. The maximum Gasteiger partial charge on any atom is 0.321 e. The van der Waals surface area contributed by atoms with E-state index in [1.165, 1.54) is 31.3 Å². The lowest BCUT2D eigenvalue weighted by Crippen LogP contribution is -2.37. The van der Waals surface area contributed by atoms with Crippen molar-refractivity contribution in [3.63, 3.8) is 0 Å². The van der Waals surface area contributed by atoms with Crippen molar-refractivity contribution in [2.45, 2.75) is 0 Å². The molecule has 0 fully saturated rings. The van der Waals surface area contributed by atoms with Crippen molar-refractivity contribution in [2.24, 2.45) is 5.73 Å². The van der Waals surface area contributed by atoms with Gasteiger partial charge in [0.2, 0.25) is 0 Å². The number of nitrogens with one attached hydrogen (secondary N) is 3. The van der Waals surface area contributed by atoms with Gasteiger partial charge in [0.05, 0.1) is 0 Å². The zero-order valence-corrected chi connectivity index (χ0v) is 10.0. The summed E-state index contributed by atoms with van der Waals surface area (Å²) in [5, 5.41) is 6.18. The minimum atomic E-state index is -0.966. The zero-order chi connectivity index (χ0) is 14.4. The first kappa shape index (κ1) is 14.2. The Morgan fingerprint density at radius 2 is 1.32 bits per heavy atom. The molecule has 0 aromatic heterocycles. The molecule has 0 radical (unpaired) electrons. The molecule has 19 heavy (non-hydrogen) atoms. The van der Waals surface area contributed by atoms with Crippen LogP contribution in [0.1, 0.15) is 20.7 Å². The van der Waals surface area contributed by atoms with Crippen LogP contribution in [0.25, 0.3) is 0 Å². The Morgan fingerprint density at radius 3 is 1.68 bits per heavy atom. The molecule has 0 spiro atoms. The van der Waals surface area contributed by atoms with Gasteiger partial charge in [0.15, 0.2) is 0 Å². The molecule has 0 atom stereocenters. The molecular formula is C11H12N4O4. The van der Waals surface area contributed by atoms with Gasteiger partial charge < -0.3 is 11.1 Å². The average Bonchev–Trinajstić information content (AvgIpc) is 2.37. The first-order valence-corrected chi connectivity index (χ1v) is 5.18. The van der Waals surface area contributed by atoms with E-state index in [0.717, 1.165) is 0 Å². The second kappa shape index (κ2) is 6.15. The summed E-state index contributed by atoms with van der Waals surface area (Å²) in [4.78, 5) is 44.3. The predicted octanol–water partition coefficient (Wildman–Crippen LogP) is -0.436. The molecule has 8 heteroatoms. The topological polar surface area (TPSA) is 130 Å². The molecule has 6 amide bonds. The van der Waals surface area contributed by atoms with Crippen molar-refractivity contribution in [3.05, 3.63) is 35.4 Å². The second-order valence-corrected chi connectivity index (χ2v) is 3.43. The fourth-order valence-electron chi connectivity index (χ4n) is 1.19. The molecule has 1 aromatic carbocycles. The third-order valence-electron chi connectivity index (χ3n) is 2.10. The Balaban J connectivity index is 2.76. The molecule has 5 N–H and O–H groups in total. The van der Waals surface area contributed by atoms with Gasteiger partial charge in [0.1, 0.15) is 0 Å². The number of imide groups is 2. The number of nitrogens with two attached hydrogens (primary N) is 1. The van der Waals surface area contributed by atoms with E-state index >= 15 is 0 Å². The average molecular weight is 264 g/mol. The molecule has 0 saturated carbocycles. The summed E-state index contributed by atoms with van der Waals surface area (Å²) in [7, 11) is 1.37. The van der Waals surface area contributed by atoms with Gasteiger partial charge in [-0.25, -0.2) is 9.59 Å². The number of benzene rings is 1. The Labute approximate surface area is 108 Å². The molecule has 0 aliphatic heterocycles. The van der Waals surface area contributed by atoms with Crippen molar-refractivity contribution in [1.82, 2.24) is 16.0 Å². The van der Waals surface area contributed by atoms with Crippen LogP contribution in [0.15, 0.2) is 24.3 Å². The highest BCUT2D eigenvalue weighted by Crippen LogP contribution is 2.04. The molecule has 0 saturated heterocycles. The number of carbonyl (C=O) groups excluding carboxylic acids is 4. The normalized spacial score (nSPS) is 9.32. The molecule has 1 rings (SSSR count). The zero-order valence-electron chi connectivity index (χ0n) is 10.0. The summed E-state index contributed by atoms with van der Waals surface area (Å²) in [6.45, 7) is 0. The van der Waals surface area contributed by atoms with Crippen LogP contribution in [-0.4, -0.2) is 30.9 Å². The molecule has 0 heterocycles. The van der Waals surface area contributed by atoms with Gasteiger partial charge in [-0.05, 0) is 24.3 Å². The Hall–Kier alpha value is -2.90. The van der Waals surface area contributed by atoms with E-state index in [9.17, 15) is 19.2 Å².